The Balaban J connectivity index is 1.68. The lowest BCUT2D eigenvalue weighted by Gasteiger charge is -2.11. The maximum atomic E-state index is 12.0. The van der Waals surface area contributed by atoms with E-state index in [1.807, 2.05) is 31.3 Å². The predicted molar refractivity (Wildman–Crippen MR) is 114 cm³/mol. The zero-order chi connectivity index (χ0) is 19.9. The van der Waals surface area contributed by atoms with Gasteiger partial charge in [-0.05, 0) is 55.7 Å². The van der Waals surface area contributed by atoms with E-state index >= 15 is 0 Å². The fraction of sp³-hybridized carbons (Fsp3) is 0.304. The Kier molecular flexibility index (Phi) is 6.61. The summed E-state index contributed by atoms with van der Waals surface area (Å²) in [5.74, 6) is -0.280. The summed E-state index contributed by atoms with van der Waals surface area (Å²) in [5.41, 5.74) is 9.99. The summed E-state index contributed by atoms with van der Waals surface area (Å²) in [5, 5.41) is 1.18. The maximum absolute atomic E-state index is 12.0. The van der Waals surface area contributed by atoms with Crippen LogP contribution in [0.5, 0.6) is 0 Å². The largest absolute Gasteiger partial charge is 0.462 e. The van der Waals surface area contributed by atoms with Crippen molar-refractivity contribution in [3.63, 3.8) is 0 Å². The first-order valence-electron chi connectivity index (χ1n) is 9.60. The van der Waals surface area contributed by atoms with Crippen LogP contribution in [0.3, 0.4) is 0 Å². The first-order valence-corrected chi connectivity index (χ1v) is 9.60. The number of benzene rings is 2. The number of nitrogens with two attached hydrogens (primary N) is 1. The molecule has 0 fully saturated rings. The van der Waals surface area contributed by atoms with Gasteiger partial charge in [0.05, 0.1) is 17.7 Å². The molecule has 2 N–H and O–H groups in total. The van der Waals surface area contributed by atoms with E-state index in [4.69, 9.17) is 10.5 Å². The number of carbonyl (C=O) groups is 1. The number of carbonyl (C=O) groups excluding carboxylic acids is 1. The molecule has 2 aromatic carbocycles. The van der Waals surface area contributed by atoms with E-state index < -0.39 is 0 Å². The van der Waals surface area contributed by atoms with E-state index in [1.54, 1.807) is 19.2 Å². The Bertz CT molecular complexity index is 959. The minimum absolute atomic E-state index is 0.116. The van der Waals surface area contributed by atoms with Gasteiger partial charge in [0.15, 0.2) is 0 Å². The van der Waals surface area contributed by atoms with Gasteiger partial charge in [-0.1, -0.05) is 18.2 Å². The smallest absolute Gasteiger partial charge is 0.338 e. The van der Waals surface area contributed by atoms with Crippen LogP contribution in [-0.4, -0.2) is 36.4 Å². The normalized spacial score (nSPS) is 12.5. The summed E-state index contributed by atoms with van der Waals surface area (Å²) in [4.78, 5) is 16.2. The summed E-state index contributed by atoms with van der Waals surface area (Å²) in [6, 6.07) is 15.6. The van der Waals surface area contributed by atoms with Crippen LogP contribution in [0.25, 0.3) is 10.9 Å². The van der Waals surface area contributed by atoms with Crippen molar-refractivity contribution in [2.45, 2.75) is 32.4 Å². The number of aromatic nitrogens is 1. The highest BCUT2D eigenvalue weighted by molar-refractivity contribution is 5.98. The van der Waals surface area contributed by atoms with E-state index in [2.05, 4.69) is 34.0 Å². The van der Waals surface area contributed by atoms with E-state index in [0.717, 1.165) is 30.5 Å². The Morgan fingerprint density at radius 3 is 2.75 bits per heavy atom. The van der Waals surface area contributed by atoms with Gasteiger partial charge < -0.3 is 15.0 Å². The molecule has 1 heterocycles. The maximum Gasteiger partial charge on any atom is 0.338 e. The van der Waals surface area contributed by atoms with Crippen molar-refractivity contribution in [2.75, 3.05) is 13.7 Å². The molecule has 1 aromatic heterocycles. The molecule has 0 saturated carbocycles. The summed E-state index contributed by atoms with van der Waals surface area (Å²) in [7, 11) is 1.78. The number of hydrogen-bond donors (Lipinski definition) is 1. The van der Waals surface area contributed by atoms with Crippen molar-refractivity contribution in [2.24, 2.45) is 10.7 Å². The van der Waals surface area contributed by atoms with Crippen molar-refractivity contribution in [3.8, 4) is 0 Å². The fourth-order valence-corrected chi connectivity index (χ4v) is 3.42. The zero-order valence-electron chi connectivity index (χ0n) is 16.5. The van der Waals surface area contributed by atoms with Gasteiger partial charge in [0.1, 0.15) is 0 Å². The van der Waals surface area contributed by atoms with Gasteiger partial charge in [-0.25, -0.2) is 4.79 Å². The van der Waals surface area contributed by atoms with E-state index in [-0.39, 0.29) is 12.0 Å². The highest BCUT2D eigenvalue weighted by atomic mass is 16.5. The van der Waals surface area contributed by atoms with Crippen LogP contribution in [0, 0.1) is 0 Å². The highest BCUT2D eigenvalue weighted by Gasteiger charge is 2.10. The molecule has 0 aliphatic carbocycles. The molecular formula is C23H27N3O2. The molecule has 0 spiro atoms. The fourth-order valence-electron chi connectivity index (χ4n) is 3.42. The number of rotatable bonds is 8. The Hall–Kier alpha value is -2.92. The monoisotopic (exact) mass is 377 g/mol. The van der Waals surface area contributed by atoms with Crippen molar-refractivity contribution < 1.29 is 9.53 Å². The Morgan fingerprint density at radius 1 is 1.25 bits per heavy atom. The first-order chi connectivity index (χ1) is 13.6. The molecule has 3 rings (SSSR count). The molecule has 5 nitrogen and oxygen atoms in total. The van der Waals surface area contributed by atoms with Gasteiger partial charge in [-0.2, -0.15) is 0 Å². The second-order valence-electron chi connectivity index (χ2n) is 7.06. The van der Waals surface area contributed by atoms with Crippen LogP contribution in [0.15, 0.2) is 59.7 Å². The standard InChI is InChI=1S/C23H27N3O2/c1-17(24)13-18-14-20-9-11-26(22(20)21(15-18)16-25-2)10-6-12-28-23(27)19-7-4-3-5-8-19/h3-5,7-9,11,14-17H,6,10,12-13,24H2,1-2H3. The van der Waals surface area contributed by atoms with Crippen molar-refractivity contribution >= 4 is 23.1 Å². The lowest BCUT2D eigenvalue weighted by molar-refractivity contribution is 0.0496. The average Bonchev–Trinajstić information content (AvgIpc) is 3.08. The molecule has 1 unspecified atom stereocenters. The van der Waals surface area contributed by atoms with Crippen LogP contribution in [0.2, 0.25) is 0 Å². The molecule has 0 amide bonds. The van der Waals surface area contributed by atoms with Crippen LogP contribution < -0.4 is 5.73 Å². The molecule has 0 saturated heterocycles. The number of aryl methyl sites for hydroxylation is 1. The van der Waals surface area contributed by atoms with Crippen LogP contribution in [0.4, 0.5) is 0 Å². The van der Waals surface area contributed by atoms with Gasteiger partial charge in [0, 0.05) is 43.0 Å². The van der Waals surface area contributed by atoms with Crippen LogP contribution in [0.1, 0.15) is 34.8 Å². The number of fused-ring (bicyclic) bond motifs is 1. The minimum Gasteiger partial charge on any atom is -0.462 e. The second kappa shape index (κ2) is 9.33. The Morgan fingerprint density at radius 2 is 2.04 bits per heavy atom. The molecular weight excluding hydrogens is 350 g/mol. The summed E-state index contributed by atoms with van der Waals surface area (Å²) < 4.78 is 7.58. The predicted octanol–water partition coefficient (Wildman–Crippen LogP) is 3.83. The minimum atomic E-state index is -0.280. The first kappa shape index (κ1) is 19.8. The highest BCUT2D eigenvalue weighted by Crippen LogP contribution is 2.23. The third-order valence-corrected chi connectivity index (χ3v) is 4.56. The van der Waals surface area contributed by atoms with Crippen LogP contribution in [-0.2, 0) is 17.7 Å². The second-order valence-corrected chi connectivity index (χ2v) is 7.06. The van der Waals surface area contributed by atoms with Crippen molar-refractivity contribution in [1.82, 2.24) is 4.57 Å². The number of ether oxygens (including phenoxy) is 1. The van der Waals surface area contributed by atoms with E-state index in [1.165, 1.54) is 10.9 Å². The molecule has 0 aliphatic heterocycles. The SMILES string of the molecule is CN=Cc1cc(CC(C)N)cc2ccn(CCCOC(=O)c3ccccc3)c12. The summed E-state index contributed by atoms with van der Waals surface area (Å²) in [6.07, 6.45) is 5.54. The molecule has 5 heteroatoms. The molecule has 146 valence electrons. The number of hydrogen-bond acceptors (Lipinski definition) is 4. The summed E-state index contributed by atoms with van der Waals surface area (Å²) >= 11 is 0. The molecule has 0 aliphatic rings. The number of esters is 1. The molecule has 0 bridgehead atoms. The number of nitrogens with zero attached hydrogens (tertiary/aromatic N) is 2. The van der Waals surface area contributed by atoms with Gasteiger partial charge >= 0.3 is 5.97 Å². The molecule has 3 aromatic rings. The molecule has 28 heavy (non-hydrogen) atoms. The molecule has 0 radical (unpaired) electrons. The lowest BCUT2D eigenvalue weighted by Crippen LogP contribution is -2.17. The van der Waals surface area contributed by atoms with Gasteiger partial charge in [-0.3, -0.25) is 4.99 Å². The summed E-state index contributed by atoms with van der Waals surface area (Å²) in [6.45, 7) is 3.16. The third kappa shape index (κ3) is 4.87. The van der Waals surface area contributed by atoms with Gasteiger partial charge in [0.25, 0.3) is 0 Å². The van der Waals surface area contributed by atoms with Crippen LogP contribution >= 0.6 is 0 Å². The quantitative estimate of drug-likeness (QED) is 0.368. The van der Waals surface area contributed by atoms with Crippen molar-refractivity contribution in [3.05, 3.63) is 71.4 Å². The van der Waals surface area contributed by atoms with Crippen molar-refractivity contribution in [1.29, 1.82) is 0 Å². The van der Waals surface area contributed by atoms with Gasteiger partial charge in [0.2, 0.25) is 0 Å². The third-order valence-electron chi connectivity index (χ3n) is 4.56. The zero-order valence-corrected chi connectivity index (χ0v) is 16.5. The van der Waals surface area contributed by atoms with E-state index in [0.29, 0.717) is 12.2 Å². The van der Waals surface area contributed by atoms with E-state index in [9.17, 15) is 4.79 Å². The molecule has 1 atom stereocenters. The average molecular weight is 377 g/mol. The Labute approximate surface area is 165 Å². The lowest BCUT2D eigenvalue weighted by atomic mass is 10.0. The van der Waals surface area contributed by atoms with Gasteiger partial charge in [-0.15, -0.1) is 0 Å². The number of aliphatic imine (C=N–C) groups is 1. The topological polar surface area (TPSA) is 69.6 Å².